The number of esters is 1. The van der Waals surface area contributed by atoms with Crippen LogP contribution in [0.25, 0.3) is 0 Å². The first-order valence-corrected chi connectivity index (χ1v) is 16.2. The van der Waals surface area contributed by atoms with Gasteiger partial charge in [0.25, 0.3) is 0 Å². The molecule has 2 N–H and O–H groups in total. The number of carbonyl (C=O) groups excluding carboxylic acids is 4. The third-order valence-electron chi connectivity index (χ3n) is 9.41. The highest BCUT2D eigenvalue weighted by Crippen LogP contribution is 2.56. The first-order valence-electron chi connectivity index (χ1n) is 16.2. The minimum Gasteiger partial charge on any atom is -0.455 e. The minimum absolute atomic E-state index is 0.0462. The number of hydrogen-bond acceptors (Lipinski definition) is 7. The van der Waals surface area contributed by atoms with Gasteiger partial charge in [-0.1, -0.05) is 85.0 Å². The minimum atomic E-state index is -1.32. The number of cyclic esters (lactones) is 1. The van der Waals surface area contributed by atoms with Gasteiger partial charge < -0.3 is 29.7 Å². The van der Waals surface area contributed by atoms with E-state index in [2.05, 4.69) is 5.32 Å². The van der Waals surface area contributed by atoms with Crippen LogP contribution in [0.2, 0.25) is 0 Å². The monoisotopic (exact) mass is 627 g/mol. The van der Waals surface area contributed by atoms with E-state index in [-0.39, 0.29) is 43.8 Å². The highest BCUT2D eigenvalue weighted by molar-refractivity contribution is 5.99. The maximum Gasteiger partial charge on any atom is 0.313 e. The molecule has 0 radical (unpaired) electrons. The number of nitrogens with zero attached hydrogens (tertiary/aromatic N) is 2. The van der Waals surface area contributed by atoms with E-state index in [0.717, 1.165) is 11.1 Å². The number of hydrogen-bond donors (Lipinski definition) is 2. The number of likely N-dealkylation sites (tertiary alicyclic amines) is 1. The van der Waals surface area contributed by atoms with Crippen LogP contribution >= 0.6 is 0 Å². The van der Waals surface area contributed by atoms with E-state index in [1.807, 2.05) is 72.8 Å². The molecule has 2 fully saturated rings. The SMILES string of the molecule is O=C1CC/C=C\CN(Cc2ccccc2)C(=O)[C@H]2N(CCCCCO)C(=O)[C@@H]3[C@@H](C(=O)O[C@@H](c4ccccc4)CN1)[C@H]1C=C[C@]32O1. The van der Waals surface area contributed by atoms with E-state index in [1.54, 1.807) is 22.0 Å². The van der Waals surface area contributed by atoms with Crippen molar-refractivity contribution in [2.24, 2.45) is 11.8 Å². The van der Waals surface area contributed by atoms with Crippen LogP contribution in [0, 0.1) is 11.8 Å². The van der Waals surface area contributed by atoms with Gasteiger partial charge in [-0.15, -0.1) is 0 Å². The van der Waals surface area contributed by atoms with Gasteiger partial charge in [0.05, 0.1) is 18.6 Å². The molecule has 2 saturated heterocycles. The van der Waals surface area contributed by atoms with E-state index in [9.17, 15) is 24.3 Å². The van der Waals surface area contributed by atoms with Crippen molar-refractivity contribution in [3.8, 4) is 0 Å². The number of nitrogens with one attached hydrogen (secondary N) is 1. The van der Waals surface area contributed by atoms with Crippen molar-refractivity contribution in [3.05, 3.63) is 96.1 Å². The highest BCUT2D eigenvalue weighted by atomic mass is 16.6. The van der Waals surface area contributed by atoms with Crippen LogP contribution in [0.15, 0.2) is 85.0 Å². The van der Waals surface area contributed by atoms with Gasteiger partial charge in [-0.25, -0.2) is 0 Å². The average molecular weight is 628 g/mol. The molecule has 6 atom stereocenters. The van der Waals surface area contributed by atoms with E-state index in [0.29, 0.717) is 38.8 Å². The van der Waals surface area contributed by atoms with Crippen LogP contribution < -0.4 is 5.32 Å². The Labute approximate surface area is 269 Å². The van der Waals surface area contributed by atoms with Gasteiger partial charge in [-0.2, -0.15) is 0 Å². The molecular weight excluding hydrogens is 586 g/mol. The summed E-state index contributed by atoms with van der Waals surface area (Å²) in [5.74, 6) is -3.24. The van der Waals surface area contributed by atoms with E-state index in [4.69, 9.17) is 9.47 Å². The summed E-state index contributed by atoms with van der Waals surface area (Å²) in [5, 5.41) is 12.2. The number of aliphatic hydroxyl groups is 1. The quantitative estimate of drug-likeness (QED) is 0.262. The normalized spacial score (nSPS) is 30.3. The number of allylic oxidation sites excluding steroid dienone is 1. The predicted molar refractivity (Wildman–Crippen MR) is 169 cm³/mol. The standard InChI is InChI=1S/C36H41N3O7/c40-22-12-4-11-21-39-32-34(43)38(24-25-13-5-1-6-14-25)20-10-3-9-17-29(41)37-23-28(26-15-7-2-8-16-26)45-35(44)30-27-18-19-36(32,46-27)31(30)33(39)42/h1-3,5-8,10,13-16,18-19,27-28,30-32,40H,4,9,11-12,17,20-24H2,(H,37,41)/b10-3-/t27-,28-,30+,31+,32-,36+/m1/s1. The van der Waals surface area contributed by atoms with Crippen molar-refractivity contribution in [1.29, 1.82) is 0 Å². The zero-order valence-electron chi connectivity index (χ0n) is 25.8. The molecule has 4 aliphatic heterocycles. The van der Waals surface area contributed by atoms with Crippen molar-refractivity contribution in [2.75, 3.05) is 26.2 Å². The molecule has 6 rings (SSSR count). The molecule has 0 unspecified atom stereocenters. The maximum atomic E-state index is 14.7. The Balaban J connectivity index is 1.38. The van der Waals surface area contributed by atoms with Gasteiger partial charge in [0.2, 0.25) is 17.7 Å². The number of rotatable bonds is 8. The van der Waals surface area contributed by atoms with Crippen LogP contribution in [-0.2, 0) is 35.2 Å². The fraction of sp³-hybridized carbons (Fsp3) is 0.444. The molecule has 242 valence electrons. The Bertz CT molecular complexity index is 1480. The van der Waals surface area contributed by atoms with Crippen molar-refractivity contribution in [1.82, 2.24) is 15.1 Å². The van der Waals surface area contributed by atoms with Crippen LogP contribution in [-0.4, -0.2) is 82.6 Å². The van der Waals surface area contributed by atoms with Gasteiger partial charge in [0.15, 0.2) is 0 Å². The lowest BCUT2D eigenvalue weighted by Crippen LogP contribution is -2.55. The molecule has 5 bridgehead atoms. The number of ether oxygens (including phenoxy) is 2. The van der Waals surface area contributed by atoms with Crippen molar-refractivity contribution >= 4 is 23.7 Å². The molecule has 46 heavy (non-hydrogen) atoms. The first kappa shape index (κ1) is 31.7. The van der Waals surface area contributed by atoms with E-state index >= 15 is 0 Å². The molecule has 10 heteroatoms. The van der Waals surface area contributed by atoms with Crippen LogP contribution in [0.4, 0.5) is 0 Å². The van der Waals surface area contributed by atoms with Crippen molar-refractivity contribution in [3.63, 3.8) is 0 Å². The second-order valence-corrected chi connectivity index (χ2v) is 12.4. The van der Waals surface area contributed by atoms with Crippen LogP contribution in [0.1, 0.15) is 49.3 Å². The number of amides is 3. The Morgan fingerprint density at radius 1 is 0.913 bits per heavy atom. The maximum absolute atomic E-state index is 14.7. The van der Waals surface area contributed by atoms with Gasteiger partial charge >= 0.3 is 5.97 Å². The first-order chi connectivity index (χ1) is 22.4. The largest absolute Gasteiger partial charge is 0.455 e. The Kier molecular flexibility index (Phi) is 9.65. The van der Waals surface area contributed by atoms with Crippen molar-refractivity contribution < 1.29 is 33.8 Å². The molecule has 4 heterocycles. The summed E-state index contributed by atoms with van der Waals surface area (Å²) >= 11 is 0. The Hall–Kier alpha value is -4.28. The van der Waals surface area contributed by atoms with Crippen molar-refractivity contribution in [2.45, 2.75) is 62.5 Å². The fourth-order valence-corrected chi connectivity index (χ4v) is 7.18. The lowest BCUT2D eigenvalue weighted by Gasteiger charge is -2.36. The summed E-state index contributed by atoms with van der Waals surface area (Å²) in [6, 6.07) is 17.9. The summed E-state index contributed by atoms with van der Waals surface area (Å²) < 4.78 is 12.6. The Morgan fingerprint density at radius 2 is 1.67 bits per heavy atom. The molecule has 4 aliphatic rings. The second kappa shape index (κ2) is 14.0. The molecule has 3 amide bonds. The fourth-order valence-electron chi connectivity index (χ4n) is 7.18. The Morgan fingerprint density at radius 3 is 2.43 bits per heavy atom. The third-order valence-corrected chi connectivity index (χ3v) is 9.41. The summed E-state index contributed by atoms with van der Waals surface area (Å²) in [7, 11) is 0. The number of fused-ring (bicyclic) bond motifs is 2. The summed E-state index contributed by atoms with van der Waals surface area (Å²) in [5.41, 5.74) is 0.335. The van der Waals surface area contributed by atoms with Gasteiger partial charge in [0, 0.05) is 32.7 Å². The summed E-state index contributed by atoms with van der Waals surface area (Å²) in [6.45, 7) is 1.01. The molecule has 1 spiro atoms. The molecule has 2 aromatic carbocycles. The molecule has 0 aliphatic carbocycles. The number of carbonyl (C=O) groups is 4. The number of unbranched alkanes of at least 4 members (excludes halogenated alkanes) is 2. The zero-order chi connectivity index (χ0) is 32.1. The topological polar surface area (TPSA) is 125 Å². The molecule has 0 saturated carbocycles. The average Bonchev–Trinajstić information content (AvgIpc) is 3.71. The van der Waals surface area contributed by atoms with Gasteiger partial charge in [-0.3, -0.25) is 19.2 Å². The van der Waals surface area contributed by atoms with Crippen LogP contribution in [0.3, 0.4) is 0 Å². The highest BCUT2D eigenvalue weighted by Gasteiger charge is 2.73. The molecule has 0 aromatic heterocycles. The lowest BCUT2D eigenvalue weighted by molar-refractivity contribution is -0.159. The molecule has 10 nitrogen and oxygen atoms in total. The molecular formula is C36H41N3O7. The zero-order valence-corrected chi connectivity index (χ0v) is 25.8. The second-order valence-electron chi connectivity index (χ2n) is 12.4. The third kappa shape index (κ3) is 6.24. The summed E-state index contributed by atoms with van der Waals surface area (Å²) in [4.78, 5) is 59.2. The van der Waals surface area contributed by atoms with Crippen LogP contribution in [0.5, 0.6) is 0 Å². The predicted octanol–water partition coefficient (Wildman–Crippen LogP) is 3.08. The number of benzene rings is 2. The van der Waals surface area contributed by atoms with Gasteiger partial charge in [0.1, 0.15) is 23.7 Å². The smallest absolute Gasteiger partial charge is 0.313 e. The lowest BCUT2D eigenvalue weighted by atomic mass is 9.74. The number of aliphatic hydroxyl groups excluding tert-OH is 1. The van der Waals surface area contributed by atoms with Gasteiger partial charge in [-0.05, 0) is 36.8 Å². The van der Waals surface area contributed by atoms with E-state index < -0.39 is 41.7 Å². The molecule has 2 aromatic rings. The summed E-state index contributed by atoms with van der Waals surface area (Å²) in [6.07, 6.45) is 8.44. The van der Waals surface area contributed by atoms with E-state index in [1.165, 1.54) is 0 Å².